The average molecular weight is 317 g/mol. The summed E-state index contributed by atoms with van der Waals surface area (Å²) in [6, 6.07) is 1.79. The first kappa shape index (κ1) is 15.9. The van der Waals surface area contributed by atoms with E-state index in [1.165, 1.54) is 0 Å². The fraction of sp³-hybridized carbons (Fsp3) is 0.692. The van der Waals surface area contributed by atoms with Gasteiger partial charge in [0.25, 0.3) is 0 Å². The normalized spacial score (nSPS) is 21.2. The van der Waals surface area contributed by atoms with E-state index in [0.29, 0.717) is 29.8 Å². The molecule has 1 saturated heterocycles. The highest BCUT2D eigenvalue weighted by Crippen LogP contribution is 2.25. The molecule has 0 aliphatic carbocycles. The van der Waals surface area contributed by atoms with Gasteiger partial charge in [-0.05, 0) is 20.0 Å². The maximum Gasteiger partial charge on any atom is 0.244 e. The molecule has 0 amide bonds. The van der Waals surface area contributed by atoms with Gasteiger partial charge in [-0.3, -0.25) is 0 Å². The summed E-state index contributed by atoms with van der Waals surface area (Å²) in [5.74, 6) is 0.873. The molecule has 1 aromatic heterocycles. The van der Waals surface area contributed by atoms with Crippen LogP contribution in [0.25, 0.3) is 0 Å². The molecule has 0 spiro atoms. The van der Waals surface area contributed by atoms with Crippen LogP contribution in [-0.2, 0) is 23.1 Å². The quantitative estimate of drug-likeness (QED) is 0.891. The monoisotopic (exact) mass is 317 g/mol. The second-order valence-corrected chi connectivity index (χ2v) is 8.51. The summed E-state index contributed by atoms with van der Waals surface area (Å²) >= 11 is 1.83. The summed E-state index contributed by atoms with van der Waals surface area (Å²) in [5, 5.41) is 3.44. The van der Waals surface area contributed by atoms with Gasteiger partial charge in [0.2, 0.25) is 10.0 Å². The van der Waals surface area contributed by atoms with Crippen molar-refractivity contribution in [1.82, 2.24) is 14.2 Å². The number of sulfonamides is 1. The Morgan fingerprint density at radius 2 is 2.25 bits per heavy atom. The third-order valence-corrected chi connectivity index (χ3v) is 6.47. The van der Waals surface area contributed by atoms with Crippen LogP contribution in [0.2, 0.25) is 0 Å². The van der Waals surface area contributed by atoms with Crippen LogP contribution in [0.5, 0.6) is 0 Å². The zero-order valence-corrected chi connectivity index (χ0v) is 13.9. The van der Waals surface area contributed by atoms with Gasteiger partial charge in [-0.25, -0.2) is 8.42 Å². The molecule has 0 radical (unpaired) electrons. The molecule has 1 atom stereocenters. The van der Waals surface area contributed by atoms with Crippen LogP contribution in [-0.4, -0.2) is 48.4 Å². The van der Waals surface area contributed by atoms with E-state index in [2.05, 4.69) is 12.2 Å². The SMILES string of the molecule is CCn1cc(S(=O)(=O)N2CCSC(C)C2)cc1CNC. The fourth-order valence-electron chi connectivity index (χ4n) is 2.44. The van der Waals surface area contributed by atoms with Gasteiger partial charge in [0.15, 0.2) is 0 Å². The van der Waals surface area contributed by atoms with Crippen LogP contribution in [0.1, 0.15) is 19.5 Å². The standard InChI is InChI=1S/C13H23N3O2S2/c1-4-15-10-13(7-12(15)8-14-3)20(17,18)16-5-6-19-11(2)9-16/h7,10-11,14H,4-6,8-9H2,1-3H3. The van der Waals surface area contributed by atoms with Crippen molar-refractivity contribution in [2.45, 2.75) is 37.1 Å². The second-order valence-electron chi connectivity index (χ2n) is 5.03. The molecular weight excluding hydrogens is 294 g/mol. The third-order valence-electron chi connectivity index (χ3n) is 3.50. The van der Waals surface area contributed by atoms with Gasteiger partial charge in [-0.15, -0.1) is 0 Å². The number of aromatic nitrogens is 1. The molecule has 20 heavy (non-hydrogen) atoms. The summed E-state index contributed by atoms with van der Waals surface area (Å²) in [5.41, 5.74) is 1.01. The van der Waals surface area contributed by atoms with E-state index < -0.39 is 10.0 Å². The second kappa shape index (κ2) is 6.51. The molecule has 1 unspecified atom stereocenters. The van der Waals surface area contributed by atoms with Gasteiger partial charge in [-0.1, -0.05) is 6.92 Å². The molecule has 1 aliphatic rings. The first-order chi connectivity index (χ1) is 9.48. The van der Waals surface area contributed by atoms with Crippen molar-refractivity contribution in [3.05, 3.63) is 18.0 Å². The molecule has 2 rings (SSSR count). The van der Waals surface area contributed by atoms with Crippen LogP contribution in [0.15, 0.2) is 17.2 Å². The number of nitrogens with zero attached hydrogens (tertiary/aromatic N) is 2. The zero-order chi connectivity index (χ0) is 14.8. The minimum absolute atomic E-state index is 0.364. The molecule has 1 aliphatic heterocycles. The number of nitrogens with one attached hydrogen (secondary N) is 1. The first-order valence-corrected chi connectivity index (χ1v) is 9.43. The predicted molar refractivity (Wildman–Crippen MR) is 83.5 cm³/mol. The summed E-state index contributed by atoms with van der Waals surface area (Å²) in [4.78, 5) is 0.420. The molecule has 7 heteroatoms. The van der Waals surface area contributed by atoms with E-state index in [0.717, 1.165) is 18.0 Å². The van der Waals surface area contributed by atoms with Crippen LogP contribution in [0.4, 0.5) is 0 Å². The Morgan fingerprint density at radius 1 is 1.50 bits per heavy atom. The molecule has 1 N–H and O–H groups in total. The Morgan fingerprint density at radius 3 is 2.85 bits per heavy atom. The van der Waals surface area contributed by atoms with Crippen LogP contribution in [0.3, 0.4) is 0 Å². The molecule has 2 heterocycles. The van der Waals surface area contributed by atoms with Crippen LogP contribution < -0.4 is 5.32 Å². The smallest absolute Gasteiger partial charge is 0.244 e. The number of rotatable bonds is 5. The molecule has 0 bridgehead atoms. The highest BCUT2D eigenvalue weighted by atomic mass is 32.2. The summed E-state index contributed by atoms with van der Waals surface area (Å²) in [6.07, 6.45) is 1.76. The summed E-state index contributed by atoms with van der Waals surface area (Å²) in [7, 11) is -1.49. The lowest BCUT2D eigenvalue weighted by atomic mass is 10.4. The van der Waals surface area contributed by atoms with Gasteiger partial charge in [0, 0.05) is 49.1 Å². The van der Waals surface area contributed by atoms with Crippen molar-refractivity contribution < 1.29 is 8.42 Å². The van der Waals surface area contributed by atoms with Crippen LogP contribution >= 0.6 is 11.8 Å². The molecule has 0 saturated carbocycles. The van der Waals surface area contributed by atoms with Crippen molar-refractivity contribution in [2.75, 3.05) is 25.9 Å². The average Bonchev–Trinajstić information content (AvgIpc) is 2.83. The van der Waals surface area contributed by atoms with E-state index >= 15 is 0 Å². The van der Waals surface area contributed by atoms with Gasteiger partial charge in [-0.2, -0.15) is 16.1 Å². The Kier molecular flexibility index (Phi) is 5.17. The summed E-state index contributed by atoms with van der Waals surface area (Å²) < 4.78 is 29.0. The van der Waals surface area contributed by atoms with Gasteiger partial charge < -0.3 is 9.88 Å². The van der Waals surface area contributed by atoms with E-state index in [-0.39, 0.29) is 0 Å². The lowest BCUT2D eigenvalue weighted by molar-refractivity contribution is 0.424. The van der Waals surface area contributed by atoms with Crippen molar-refractivity contribution in [1.29, 1.82) is 0 Å². The van der Waals surface area contributed by atoms with Gasteiger partial charge >= 0.3 is 0 Å². The van der Waals surface area contributed by atoms with Crippen molar-refractivity contribution in [3.63, 3.8) is 0 Å². The summed E-state index contributed by atoms with van der Waals surface area (Å²) in [6.45, 7) is 6.77. The Labute approximate surface area is 125 Å². The largest absolute Gasteiger partial charge is 0.349 e. The predicted octanol–water partition coefficient (Wildman–Crippen LogP) is 1.35. The number of hydrogen-bond acceptors (Lipinski definition) is 4. The lowest BCUT2D eigenvalue weighted by Gasteiger charge is -2.29. The van der Waals surface area contributed by atoms with Gasteiger partial charge in [0.05, 0.1) is 0 Å². The van der Waals surface area contributed by atoms with Crippen molar-refractivity contribution >= 4 is 21.8 Å². The minimum Gasteiger partial charge on any atom is -0.349 e. The molecular formula is C13H23N3O2S2. The van der Waals surface area contributed by atoms with E-state index in [1.54, 1.807) is 16.6 Å². The van der Waals surface area contributed by atoms with Crippen LogP contribution in [0, 0.1) is 0 Å². The Bertz CT molecular complexity index is 554. The van der Waals surface area contributed by atoms with Crippen molar-refractivity contribution in [3.8, 4) is 0 Å². The Hall–Kier alpha value is -0.500. The van der Waals surface area contributed by atoms with Gasteiger partial charge in [0.1, 0.15) is 4.90 Å². The third kappa shape index (κ3) is 3.21. The zero-order valence-electron chi connectivity index (χ0n) is 12.3. The number of thioether (sulfide) groups is 1. The topological polar surface area (TPSA) is 54.3 Å². The minimum atomic E-state index is -3.35. The number of aryl methyl sites for hydroxylation is 1. The van der Waals surface area contributed by atoms with Crippen molar-refractivity contribution in [2.24, 2.45) is 0 Å². The molecule has 5 nitrogen and oxygen atoms in total. The molecule has 0 aromatic carbocycles. The highest BCUT2D eigenvalue weighted by Gasteiger charge is 2.30. The maximum absolute atomic E-state index is 12.7. The molecule has 1 fully saturated rings. The molecule has 1 aromatic rings. The Balaban J connectivity index is 2.29. The fourth-order valence-corrected chi connectivity index (χ4v) is 5.26. The van der Waals surface area contributed by atoms with E-state index in [9.17, 15) is 8.42 Å². The van der Waals surface area contributed by atoms with E-state index in [1.807, 2.05) is 30.3 Å². The first-order valence-electron chi connectivity index (χ1n) is 6.94. The lowest BCUT2D eigenvalue weighted by Crippen LogP contribution is -2.40. The van der Waals surface area contributed by atoms with E-state index in [4.69, 9.17) is 0 Å². The number of hydrogen-bond donors (Lipinski definition) is 1. The highest BCUT2D eigenvalue weighted by molar-refractivity contribution is 8.00. The molecule has 114 valence electrons. The maximum atomic E-state index is 12.7.